The zero-order valence-corrected chi connectivity index (χ0v) is 14.2. The molecular weight excluding hydrogens is 286 g/mol. The Kier molecular flexibility index (Phi) is 5.23. The molecule has 0 spiro atoms. The standard InChI is InChI=1S/C19H27N3O/c1-21(2)18-9-5-12-22(19-8-4-3-7-17(18)19)13-6-11-20-16-10-14-23-15-16/h3-4,7-8,10,14-15,18,20H,5-6,9,11-13H2,1-2H3. The molecule has 1 aromatic heterocycles. The van der Waals surface area contributed by atoms with E-state index in [9.17, 15) is 0 Å². The number of nitrogens with one attached hydrogen (secondary N) is 1. The minimum absolute atomic E-state index is 0.528. The number of nitrogens with zero attached hydrogens (tertiary/aromatic N) is 2. The van der Waals surface area contributed by atoms with Crippen LogP contribution >= 0.6 is 0 Å². The number of anilines is 2. The van der Waals surface area contributed by atoms with Gasteiger partial charge in [-0.3, -0.25) is 0 Å². The maximum atomic E-state index is 5.08. The molecule has 0 bridgehead atoms. The summed E-state index contributed by atoms with van der Waals surface area (Å²) in [5.41, 5.74) is 3.94. The smallest absolute Gasteiger partial charge is 0.113 e. The van der Waals surface area contributed by atoms with Crippen molar-refractivity contribution in [3.8, 4) is 0 Å². The van der Waals surface area contributed by atoms with Crippen LogP contribution in [0.4, 0.5) is 11.4 Å². The van der Waals surface area contributed by atoms with E-state index in [0.717, 1.165) is 31.7 Å². The van der Waals surface area contributed by atoms with Crippen molar-refractivity contribution in [2.75, 3.05) is 43.9 Å². The number of furan rings is 1. The molecule has 4 nitrogen and oxygen atoms in total. The number of para-hydroxylation sites is 1. The van der Waals surface area contributed by atoms with Crippen LogP contribution in [0.2, 0.25) is 0 Å². The summed E-state index contributed by atoms with van der Waals surface area (Å²) in [6.45, 7) is 3.20. The number of rotatable bonds is 6. The zero-order chi connectivity index (χ0) is 16.1. The molecule has 1 aromatic carbocycles. The second-order valence-corrected chi connectivity index (χ2v) is 6.46. The lowest BCUT2D eigenvalue weighted by Gasteiger charge is -2.28. The molecule has 4 heteroatoms. The molecule has 2 heterocycles. The van der Waals surface area contributed by atoms with Gasteiger partial charge in [0.15, 0.2) is 0 Å². The summed E-state index contributed by atoms with van der Waals surface area (Å²) < 4.78 is 5.08. The summed E-state index contributed by atoms with van der Waals surface area (Å²) in [6.07, 6.45) is 7.05. The van der Waals surface area contributed by atoms with Crippen LogP contribution in [-0.2, 0) is 0 Å². The fourth-order valence-corrected chi connectivity index (χ4v) is 3.45. The van der Waals surface area contributed by atoms with Crippen molar-refractivity contribution in [1.82, 2.24) is 4.90 Å². The zero-order valence-electron chi connectivity index (χ0n) is 14.2. The Morgan fingerprint density at radius 2 is 2.13 bits per heavy atom. The Morgan fingerprint density at radius 1 is 1.26 bits per heavy atom. The SMILES string of the molecule is CN(C)C1CCCN(CCCNc2ccoc2)c2ccccc21. The maximum absolute atomic E-state index is 5.08. The molecule has 0 saturated carbocycles. The Balaban J connectivity index is 1.63. The first kappa shape index (κ1) is 15.9. The first-order chi connectivity index (χ1) is 11.3. The second kappa shape index (κ2) is 7.55. The van der Waals surface area contributed by atoms with E-state index in [2.05, 4.69) is 53.5 Å². The summed E-state index contributed by atoms with van der Waals surface area (Å²) in [5, 5.41) is 3.40. The van der Waals surface area contributed by atoms with Gasteiger partial charge in [0.2, 0.25) is 0 Å². The molecule has 1 unspecified atom stereocenters. The first-order valence-electron chi connectivity index (χ1n) is 8.52. The number of hydrogen-bond acceptors (Lipinski definition) is 4. The predicted octanol–water partition coefficient (Wildman–Crippen LogP) is 3.98. The highest BCUT2D eigenvalue weighted by Crippen LogP contribution is 2.35. The molecular formula is C19H27N3O. The molecule has 0 saturated heterocycles. The number of hydrogen-bond donors (Lipinski definition) is 1. The van der Waals surface area contributed by atoms with Gasteiger partial charge in [0, 0.05) is 31.4 Å². The van der Waals surface area contributed by atoms with Crippen molar-refractivity contribution >= 4 is 11.4 Å². The van der Waals surface area contributed by atoms with Crippen LogP contribution in [0, 0.1) is 0 Å². The minimum atomic E-state index is 0.528. The van der Waals surface area contributed by atoms with E-state index in [-0.39, 0.29) is 0 Å². The molecule has 0 amide bonds. The largest absolute Gasteiger partial charge is 0.470 e. The molecule has 23 heavy (non-hydrogen) atoms. The molecule has 1 atom stereocenters. The highest BCUT2D eigenvalue weighted by atomic mass is 16.3. The average molecular weight is 313 g/mol. The lowest BCUT2D eigenvalue weighted by Crippen LogP contribution is -2.27. The van der Waals surface area contributed by atoms with E-state index in [1.54, 1.807) is 12.5 Å². The van der Waals surface area contributed by atoms with E-state index in [4.69, 9.17) is 4.42 Å². The Bertz CT molecular complexity index is 594. The summed E-state index contributed by atoms with van der Waals surface area (Å²) in [7, 11) is 4.37. The van der Waals surface area contributed by atoms with E-state index in [1.165, 1.54) is 24.1 Å². The quantitative estimate of drug-likeness (QED) is 0.817. The van der Waals surface area contributed by atoms with Crippen molar-refractivity contribution < 1.29 is 4.42 Å². The van der Waals surface area contributed by atoms with Gasteiger partial charge in [-0.15, -0.1) is 0 Å². The van der Waals surface area contributed by atoms with Crippen LogP contribution in [0.1, 0.15) is 30.9 Å². The summed E-state index contributed by atoms with van der Waals surface area (Å²) in [4.78, 5) is 4.90. The summed E-state index contributed by atoms with van der Waals surface area (Å²) in [5.74, 6) is 0. The van der Waals surface area contributed by atoms with Crippen molar-refractivity contribution in [3.05, 3.63) is 48.4 Å². The van der Waals surface area contributed by atoms with Gasteiger partial charge in [0.05, 0.1) is 12.0 Å². The Hall–Kier alpha value is -1.94. The summed E-state index contributed by atoms with van der Waals surface area (Å²) >= 11 is 0. The van der Waals surface area contributed by atoms with Gasteiger partial charge in [0.25, 0.3) is 0 Å². The van der Waals surface area contributed by atoms with Crippen LogP contribution in [0.25, 0.3) is 0 Å². The van der Waals surface area contributed by atoms with Crippen LogP contribution in [0.15, 0.2) is 47.3 Å². The van der Waals surface area contributed by atoms with Crippen molar-refractivity contribution in [3.63, 3.8) is 0 Å². The monoisotopic (exact) mass is 313 g/mol. The number of fused-ring (bicyclic) bond motifs is 1. The van der Waals surface area contributed by atoms with E-state index in [1.807, 2.05) is 6.07 Å². The van der Waals surface area contributed by atoms with Gasteiger partial charge in [-0.2, -0.15) is 0 Å². The molecule has 1 N–H and O–H groups in total. The van der Waals surface area contributed by atoms with Crippen molar-refractivity contribution in [2.24, 2.45) is 0 Å². The Labute approximate surface area is 139 Å². The molecule has 2 aromatic rings. The predicted molar refractivity (Wildman–Crippen MR) is 96.1 cm³/mol. The molecule has 1 aliphatic heterocycles. The third-order valence-corrected chi connectivity index (χ3v) is 4.62. The highest BCUT2D eigenvalue weighted by molar-refractivity contribution is 5.56. The maximum Gasteiger partial charge on any atom is 0.113 e. The second-order valence-electron chi connectivity index (χ2n) is 6.46. The molecule has 3 rings (SSSR count). The van der Waals surface area contributed by atoms with Crippen LogP contribution in [0.5, 0.6) is 0 Å². The van der Waals surface area contributed by atoms with Crippen LogP contribution in [0.3, 0.4) is 0 Å². The minimum Gasteiger partial charge on any atom is -0.470 e. The van der Waals surface area contributed by atoms with Gasteiger partial charge < -0.3 is 19.5 Å². The fraction of sp³-hybridized carbons (Fsp3) is 0.474. The fourth-order valence-electron chi connectivity index (χ4n) is 3.45. The van der Waals surface area contributed by atoms with E-state index < -0.39 is 0 Å². The lowest BCUT2D eigenvalue weighted by molar-refractivity contribution is 0.284. The molecule has 0 aliphatic carbocycles. The summed E-state index contributed by atoms with van der Waals surface area (Å²) in [6, 6.07) is 11.4. The third-order valence-electron chi connectivity index (χ3n) is 4.62. The average Bonchev–Trinajstić information content (AvgIpc) is 2.99. The van der Waals surface area contributed by atoms with Crippen molar-refractivity contribution in [2.45, 2.75) is 25.3 Å². The van der Waals surface area contributed by atoms with Gasteiger partial charge in [-0.25, -0.2) is 0 Å². The van der Waals surface area contributed by atoms with Gasteiger partial charge >= 0.3 is 0 Å². The van der Waals surface area contributed by atoms with Gasteiger partial charge in [0.1, 0.15) is 6.26 Å². The lowest BCUT2D eigenvalue weighted by atomic mass is 10.0. The van der Waals surface area contributed by atoms with Gasteiger partial charge in [-0.05, 0) is 51.1 Å². The normalized spacial score (nSPS) is 17.9. The van der Waals surface area contributed by atoms with Crippen molar-refractivity contribution in [1.29, 1.82) is 0 Å². The van der Waals surface area contributed by atoms with E-state index in [0.29, 0.717) is 6.04 Å². The number of benzene rings is 1. The molecule has 0 fully saturated rings. The first-order valence-corrected chi connectivity index (χ1v) is 8.52. The van der Waals surface area contributed by atoms with Crippen LogP contribution < -0.4 is 10.2 Å². The molecule has 124 valence electrons. The Morgan fingerprint density at radius 3 is 2.91 bits per heavy atom. The topological polar surface area (TPSA) is 31.6 Å². The molecule has 1 aliphatic rings. The van der Waals surface area contributed by atoms with Crippen LogP contribution in [-0.4, -0.2) is 38.6 Å². The third kappa shape index (κ3) is 3.88. The van der Waals surface area contributed by atoms with E-state index >= 15 is 0 Å². The van der Waals surface area contributed by atoms with Gasteiger partial charge in [-0.1, -0.05) is 18.2 Å². The highest BCUT2D eigenvalue weighted by Gasteiger charge is 2.23. The molecule has 0 radical (unpaired) electrons.